The Morgan fingerprint density at radius 2 is 2.17 bits per heavy atom. The first kappa shape index (κ1) is 15.7. The SMILES string of the molecule is CC(Nc1cc(F)ccc1OCC1CCCO1)c1ccncc1. The number of nitrogens with zero attached hydrogens (tertiary/aromatic N) is 1. The van der Waals surface area contributed by atoms with E-state index in [2.05, 4.69) is 10.3 Å². The number of rotatable bonds is 6. The highest BCUT2D eigenvalue weighted by atomic mass is 19.1. The molecular formula is C18H21FN2O2. The summed E-state index contributed by atoms with van der Waals surface area (Å²) in [6.45, 7) is 3.30. The van der Waals surface area contributed by atoms with Crippen molar-refractivity contribution in [3.8, 4) is 5.75 Å². The Balaban J connectivity index is 1.70. The van der Waals surface area contributed by atoms with Crippen LogP contribution >= 0.6 is 0 Å². The van der Waals surface area contributed by atoms with Gasteiger partial charge in [-0.2, -0.15) is 0 Å². The van der Waals surface area contributed by atoms with Crippen molar-refractivity contribution >= 4 is 5.69 Å². The highest BCUT2D eigenvalue weighted by Gasteiger charge is 2.17. The third-order valence-corrected chi connectivity index (χ3v) is 3.97. The second-order valence-electron chi connectivity index (χ2n) is 5.73. The van der Waals surface area contributed by atoms with Gasteiger partial charge in [0.15, 0.2) is 0 Å². The molecule has 2 heterocycles. The zero-order chi connectivity index (χ0) is 16.1. The predicted octanol–water partition coefficient (Wildman–Crippen LogP) is 3.95. The second-order valence-corrected chi connectivity index (χ2v) is 5.73. The zero-order valence-corrected chi connectivity index (χ0v) is 13.2. The molecule has 0 radical (unpaired) electrons. The van der Waals surface area contributed by atoms with Crippen LogP contribution < -0.4 is 10.1 Å². The number of nitrogens with one attached hydrogen (secondary N) is 1. The Hall–Kier alpha value is -2.14. The van der Waals surface area contributed by atoms with Crippen LogP contribution in [0.3, 0.4) is 0 Å². The van der Waals surface area contributed by atoms with Crippen LogP contribution in [0.5, 0.6) is 5.75 Å². The molecule has 0 amide bonds. The molecule has 0 bridgehead atoms. The van der Waals surface area contributed by atoms with E-state index in [4.69, 9.17) is 9.47 Å². The van der Waals surface area contributed by atoms with Gasteiger partial charge in [0.2, 0.25) is 0 Å². The van der Waals surface area contributed by atoms with Gasteiger partial charge in [-0.1, -0.05) is 0 Å². The van der Waals surface area contributed by atoms with E-state index < -0.39 is 0 Å². The minimum Gasteiger partial charge on any atom is -0.489 e. The summed E-state index contributed by atoms with van der Waals surface area (Å²) in [4.78, 5) is 4.01. The minimum absolute atomic E-state index is 0.0184. The van der Waals surface area contributed by atoms with Gasteiger partial charge in [-0.15, -0.1) is 0 Å². The standard InChI is InChI=1S/C18H21FN2O2/c1-13(14-6-8-20-9-7-14)21-17-11-15(19)4-5-18(17)23-12-16-3-2-10-22-16/h4-9,11,13,16,21H,2-3,10,12H2,1H3. The summed E-state index contributed by atoms with van der Waals surface area (Å²) in [6, 6.07) is 8.42. The molecule has 122 valence electrons. The monoisotopic (exact) mass is 316 g/mol. The van der Waals surface area contributed by atoms with E-state index in [0.717, 1.165) is 25.0 Å². The van der Waals surface area contributed by atoms with Crippen LogP contribution in [-0.2, 0) is 4.74 Å². The molecule has 4 nitrogen and oxygen atoms in total. The van der Waals surface area contributed by atoms with Crippen molar-refractivity contribution in [3.63, 3.8) is 0 Å². The lowest BCUT2D eigenvalue weighted by Crippen LogP contribution is -2.17. The summed E-state index contributed by atoms with van der Waals surface area (Å²) in [7, 11) is 0. The number of hydrogen-bond donors (Lipinski definition) is 1. The summed E-state index contributed by atoms with van der Waals surface area (Å²) < 4.78 is 25.0. The molecule has 5 heteroatoms. The van der Waals surface area contributed by atoms with Crippen molar-refractivity contribution in [2.75, 3.05) is 18.5 Å². The maximum absolute atomic E-state index is 13.6. The van der Waals surface area contributed by atoms with Gasteiger partial charge in [0, 0.05) is 31.1 Å². The molecule has 2 unspecified atom stereocenters. The van der Waals surface area contributed by atoms with Gasteiger partial charge in [0.05, 0.1) is 11.8 Å². The molecule has 2 aromatic rings. The molecular weight excluding hydrogens is 295 g/mol. The van der Waals surface area contributed by atoms with E-state index >= 15 is 0 Å². The summed E-state index contributed by atoms with van der Waals surface area (Å²) >= 11 is 0. The van der Waals surface area contributed by atoms with Crippen LogP contribution in [0, 0.1) is 5.82 Å². The average molecular weight is 316 g/mol. The van der Waals surface area contributed by atoms with Crippen molar-refractivity contribution in [1.82, 2.24) is 4.98 Å². The summed E-state index contributed by atoms with van der Waals surface area (Å²) in [5.41, 5.74) is 1.72. The first-order valence-corrected chi connectivity index (χ1v) is 7.93. The van der Waals surface area contributed by atoms with Crippen LogP contribution in [0.1, 0.15) is 31.4 Å². The third-order valence-electron chi connectivity index (χ3n) is 3.97. The molecule has 1 aromatic heterocycles. The first-order valence-electron chi connectivity index (χ1n) is 7.93. The fourth-order valence-corrected chi connectivity index (χ4v) is 2.67. The van der Waals surface area contributed by atoms with Gasteiger partial charge >= 0.3 is 0 Å². The van der Waals surface area contributed by atoms with E-state index in [1.54, 1.807) is 18.5 Å². The lowest BCUT2D eigenvalue weighted by Gasteiger charge is -2.19. The molecule has 1 aliphatic rings. The topological polar surface area (TPSA) is 43.4 Å². The van der Waals surface area contributed by atoms with Crippen LogP contribution in [0.2, 0.25) is 0 Å². The zero-order valence-electron chi connectivity index (χ0n) is 13.2. The van der Waals surface area contributed by atoms with Crippen molar-refractivity contribution in [2.45, 2.75) is 31.9 Å². The molecule has 1 N–H and O–H groups in total. The highest BCUT2D eigenvalue weighted by Crippen LogP contribution is 2.29. The lowest BCUT2D eigenvalue weighted by atomic mass is 10.1. The number of pyridine rings is 1. The van der Waals surface area contributed by atoms with Crippen molar-refractivity contribution in [2.24, 2.45) is 0 Å². The fourth-order valence-electron chi connectivity index (χ4n) is 2.67. The Labute approximate surface area is 135 Å². The highest BCUT2D eigenvalue weighted by molar-refractivity contribution is 5.57. The van der Waals surface area contributed by atoms with E-state index in [1.807, 2.05) is 19.1 Å². The van der Waals surface area contributed by atoms with E-state index in [-0.39, 0.29) is 18.0 Å². The largest absolute Gasteiger partial charge is 0.489 e. The first-order chi connectivity index (χ1) is 11.2. The quantitative estimate of drug-likeness (QED) is 0.876. The molecule has 1 fully saturated rings. The van der Waals surface area contributed by atoms with Crippen molar-refractivity contribution in [3.05, 3.63) is 54.1 Å². The van der Waals surface area contributed by atoms with Crippen molar-refractivity contribution < 1.29 is 13.9 Å². The van der Waals surface area contributed by atoms with Crippen LogP contribution in [0.4, 0.5) is 10.1 Å². The van der Waals surface area contributed by atoms with Gasteiger partial charge in [-0.25, -0.2) is 4.39 Å². The maximum atomic E-state index is 13.6. The molecule has 1 saturated heterocycles. The van der Waals surface area contributed by atoms with Gasteiger partial charge in [-0.3, -0.25) is 4.98 Å². The summed E-state index contributed by atoms with van der Waals surface area (Å²) in [6.07, 6.45) is 5.70. The predicted molar refractivity (Wildman–Crippen MR) is 87.1 cm³/mol. The molecule has 3 rings (SSSR count). The van der Waals surface area contributed by atoms with Gasteiger partial charge in [-0.05, 0) is 49.6 Å². The van der Waals surface area contributed by atoms with E-state index in [1.165, 1.54) is 12.1 Å². The Morgan fingerprint density at radius 1 is 1.35 bits per heavy atom. The Kier molecular flexibility index (Phi) is 5.08. The molecule has 2 atom stereocenters. The number of hydrogen-bond acceptors (Lipinski definition) is 4. The minimum atomic E-state index is -0.293. The van der Waals surface area contributed by atoms with E-state index in [9.17, 15) is 4.39 Å². The fraction of sp³-hybridized carbons (Fsp3) is 0.389. The number of aromatic nitrogens is 1. The average Bonchev–Trinajstić information content (AvgIpc) is 3.08. The van der Waals surface area contributed by atoms with E-state index in [0.29, 0.717) is 18.0 Å². The van der Waals surface area contributed by atoms with Crippen LogP contribution in [0.15, 0.2) is 42.7 Å². The third kappa shape index (κ3) is 4.20. The van der Waals surface area contributed by atoms with Crippen LogP contribution in [0.25, 0.3) is 0 Å². The summed E-state index contributed by atoms with van der Waals surface area (Å²) in [5, 5.41) is 3.31. The Morgan fingerprint density at radius 3 is 2.91 bits per heavy atom. The lowest BCUT2D eigenvalue weighted by molar-refractivity contribution is 0.0681. The van der Waals surface area contributed by atoms with Crippen molar-refractivity contribution in [1.29, 1.82) is 0 Å². The number of benzene rings is 1. The van der Waals surface area contributed by atoms with Gasteiger partial charge in [0.1, 0.15) is 18.2 Å². The molecule has 0 aliphatic carbocycles. The maximum Gasteiger partial charge on any atom is 0.142 e. The normalized spacial score (nSPS) is 18.6. The molecule has 1 aromatic carbocycles. The smallest absolute Gasteiger partial charge is 0.142 e. The molecule has 0 saturated carbocycles. The van der Waals surface area contributed by atoms with Gasteiger partial charge in [0.25, 0.3) is 0 Å². The molecule has 23 heavy (non-hydrogen) atoms. The van der Waals surface area contributed by atoms with Gasteiger partial charge < -0.3 is 14.8 Å². The molecule has 1 aliphatic heterocycles. The van der Waals surface area contributed by atoms with Crippen LogP contribution in [-0.4, -0.2) is 24.3 Å². The Bertz CT molecular complexity index is 630. The molecule has 0 spiro atoms. The number of halogens is 1. The second kappa shape index (κ2) is 7.42. The number of anilines is 1. The summed E-state index contributed by atoms with van der Waals surface area (Å²) in [5.74, 6) is 0.349. The number of ether oxygens (including phenoxy) is 2.